The average molecular weight is 684 g/mol. The zero-order valence-corrected chi connectivity index (χ0v) is 20.3. The average Bonchev–Trinajstić information content (AvgIpc) is 2.76. The third-order valence-corrected chi connectivity index (χ3v) is 7.00. The second-order valence-corrected chi connectivity index (χ2v) is 9.90. The highest BCUT2D eigenvalue weighted by atomic mass is 31.2. The Kier molecular flexibility index (Phi) is 10.6. The molecular weight excluding hydrogens is 670 g/mol. The van der Waals surface area contributed by atoms with Crippen molar-refractivity contribution in [3.8, 4) is 0 Å². The van der Waals surface area contributed by atoms with Crippen LogP contribution in [0.2, 0.25) is 0 Å². The topological polar surface area (TPSA) is 35.5 Å². The van der Waals surface area contributed by atoms with Crippen molar-refractivity contribution in [1.29, 1.82) is 0 Å². The molecule has 0 amide bonds. The van der Waals surface area contributed by atoms with Crippen molar-refractivity contribution in [3.63, 3.8) is 0 Å². The van der Waals surface area contributed by atoms with Crippen molar-refractivity contribution >= 4 is 7.60 Å². The van der Waals surface area contributed by atoms with E-state index in [1.54, 1.807) is 0 Å². The zero-order valence-electron chi connectivity index (χ0n) is 19.4. The number of rotatable bonds is 15. The molecule has 25 heteroatoms. The van der Waals surface area contributed by atoms with Crippen LogP contribution in [-0.2, 0) is 13.6 Å². The molecule has 0 aromatic heterocycles. The van der Waals surface area contributed by atoms with Crippen molar-refractivity contribution < 1.29 is 106 Å². The maximum atomic E-state index is 13.9. The fourth-order valence-electron chi connectivity index (χ4n) is 2.58. The quantitative estimate of drug-likeness (QED) is 0.128. The third-order valence-electron chi connectivity index (χ3n) is 4.93. The SMILES string of the molecule is CCOP(=O)(CCC(F)(F)C(F)(F)C(F)(F)C(F)(F)C(F)(F)C(F)(F)C(F)(F)C(F)(F)C(F)(F)C(F)(F)F)OCC. The fourth-order valence-corrected chi connectivity index (χ4v) is 4.26. The number of hydrogen-bond donors (Lipinski definition) is 0. The lowest BCUT2D eigenvalue weighted by atomic mass is 9.86. The van der Waals surface area contributed by atoms with E-state index in [2.05, 4.69) is 9.05 Å². The molecule has 0 heterocycles. The van der Waals surface area contributed by atoms with E-state index in [1.165, 1.54) is 0 Å². The summed E-state index contributed by atoms with van der Waals surface area (Å²) in [6.07, 6.45) is -13.2. The zero-order chi connectivity index (χ0) is 33.7. The molecule has 0 fully saturated rings. The second-order valence-electron chi connectivity index (χ2n) is 7.72. The molecule has 41 heavy (non-hydrogen) atoms. The van der Waals surface area contributed by atoms with Gasteiger partial charge in [0.25, 0.3) is 0 Å². The Labute approximate surface area is 213 Å². The number of hydrogen-bond acceptors (Lipinski definition) is 3. The summed E-state index contributed by atoms with van der Waals surface area (Å²) in [4.78, 5) is 0. The van der Waals surface area contributed by atoms with Crippen LogP contribution in [0, 0.1) is 0 Å². The molecule has 0 spiro atoms. The molecule has 0 saturated carbocycles. The van der Waals surface area contributed by atoms with E-state index >= 15 is 0 Å². The summed E-state index contributed by atoms with van der Waals surface area (Å²) in [7, 11) is -4.97. The molecule has 0 aromatic carbocycles. The van der Waals surface area contributed by atoms with Gasteiger partial charge < -0.3 is 9.05 Å². The highest BCUT2D eigenvalue weighted by Gasteiger charge is 2.97. The predicted molar refractivity (Wildman–Crippen MR) is 90.9 cm³/mol. The van der Waals surface area contributed by atoms with Gasteiger partial charge in [0, 0.05) is 6.42 Å². The van der Waals surface area contributed by atoms with Gasteiger partial charge in [-0.2, -0.15) is 92.2 Å². The Balaban J connectivity index is 6.89. The molecule has 0 radical (unpaired) electrons. The van der Waals surface area contributed by atoms with E-state index < -0.39 is 92.9 Å². The van der Waals surface area contributed by atoms with Crippen LogP contribution < -0.4 is 0 Å². The highest BCUT2D eigenvalue weighted by molar-refractivity contribution is 7.53. The Morgan fingerprint density at radius 3 is 0.927 bits per heavy atom. The molecule has 0 N–H and O–H groups in total. The first-order valence-corrected chi connectivity index (χ1v) is 11.7. The molecule has 0 atom stereocenters. The molecular formula is C16H14F21O3P. The molecule has 0 aromatic rings. The predicted octanol–water partition coefficient (Wildman–Crippen LogP) is 8.92. The van der Waals surface area contributed by atoms with Gasteiger partial charge in [-0.05, 0) is 13.8 Å². The first kappa shape index (κ1) is 39.7. The Bertz CT molecular complexity index is 947. The lowest BCUT2D eigenvalue weighted by Gasteiger charge is -2.44. The van der Waals surface area contributed by atoms with E-state index in [4.69, 9.17) is 0 Å². The van der Waals surface area contributed by atoms with Gasteiger partial charge in [-0.15, -0.1) is 0 Å². The van der Waals surface area contributed by atoms with Gasteiger partial charge in [0.1, 0.15) is 0 Å². The molecule has 0 rings (SSSR count). The summed E-state index contributed by atoms with van der Waals surface area (Å²) in [6.45, 7) is 0.445. The summed E-state index contributed by atoms with van der Waals surface area (Å²) >= 11 is 0. The smallest absolute Gasteiger partial charge is 0.309 e. The standard InChI is InChI=1S/C16H14F21O3P/c1-3-39-41(38,40-4-2)6-5-7(17,18)8(19,20)9(21,22)10(23,24)11(25,26)12(27,28)13(29,30)14(31,32)15(33,34)16(35,36)37/h3-6H2,1-2H3. The van der Waals surface area contributed by atoms with Crippen molar-refractivity contribution in [2.45, 2.75) is 79.7 Å². The molecule has 0 unspecified atom stereocenters. The van der Waals surface area contributed by atoms with E-state index in [1.807, 2.05) is 0 Å². The van der Waals surface area contributed by atoms with Gasteiger partial charge in [-0.3, -0.25) is 4.57 Å². The van der Waals surface area contributed by atoms with E-state index in [-0.39, 0.29) is 0 Å². The van der Waals surface area contributed by atoms with Gasteiger partial charge >= 0.3 is 67.1 Å². The lowest BCUT2D eigenvalue weighted by molar-refractivity contribution is -0.474. The summed E-state index contributed by atoms with van der Waals surface area (Å²) in [6, 6.07) is 0. The maximum Gasteiger partial charge on any atom is 0.460 e. The molecule has 0 bridgehead atoms. The molecule has 0 aliphatic rings. The summed E-state index contributed by atoms with van der Waals surface area (Å²) in [5.74, 6) is -77.6. The van der Waals surface area contributed by atoms with Crippen LogP contribution in [0.1, 0.15) is 20.3 Å². The van der Waals surface area contributed by atoms with E-state index in [0.717, 1.165) is 13.8 Å². The van der Waals surface area contributed by atoms with Crippen LogP contribution in [0.3, 0.4) is 0 Å². The molecule has 248 valence electrons. The van der Waals surface area contributed by atoms with Crippen molar-refractivity contribution in [2.75, 3.05) is 19.4 Å². The number of halogens is 21. The summed E-state index contributed by atoms with van der Waals surface area (Å²) in [5, 5.41) is 0. The fraction of sp³-hybridized carbons (Fsp3) is 1.00. The lowest BCUT2D eigenvalue weighted by Crippen LogP contribution is -2.76. The highest BCUT2D eigenvalue weighted by Crippen LogP contribution is 2.66. The Morgan fingerprint density at radius 2 is 0.683 bits per heavy atom. The maximum absolute atomic E-state index is 13.9. The third kappa shape index (κ3) is 5.81. The van der Waals surface area contributed by atoms with Crippen LogP contribution in [-0.4, -0.2) is 78.9 Å². The molecule has 0 saturated heterocycles. The van der Waals surface area contributed by atoms with Gasteiger partial charge in [-0.1, -0.05) is 0 Å². The van der Waals surface area contributed by atoms with E-state index in [9.17, 15) is 96.8 Å². The van der Waals surface area contributed by atoms with Crippen LogP contribution in [0.15, 0.2) is 0 Å². The normalized spacial score (nSPS) is 16.4. The monoisotopic (exact) mass is 684 g/mol. The first-order valence-electron chi connectivity index (χ1n) is 9.93. The van der Waals surface area contributed by atoms with Crippen LogP contribution in [0.25, 0.3) is 0 Å². The Morgan fingerprint density at radius 1 is 0.439 bits per heavy atom. The second kappa shape index (κ2) is 11.0. The van der Waals surface area contributed by atoms with Crippen molar-refractivity contribution in [2.24, 2.45) is 0 Å². The van der Waals surface area contributed by atoms with Gasteiger partial charge in [-0.25, -0.2) is 0 Å². The summed E-state index contributed by atoms with van der Waals surface area (Å²) in [5.41, 5.74) is 0. The van der Waals surface area contributed by atoms with Crippen LogP contribution >= 0.6 is 7.60 Å². The van der Waals surface area contributed by atoms with Crippen molar-refractivity contribution in [1.82, 2.24) is 0 Å². The van der Waals surface area contributed by atoms with E-state index in [0.29, 0.717) is 0 Å². The van der Waals surface area contributed by atoms with Gasteiger partial charge in [0.15, 0.2) is 0 Å². The summed E-state index contributed by atoms with van der Waals surface area (Å²) < 4.78 is 301. The molecule has 0 aliphatic carbocycles. The molecule has 3 nitrogen and oxygen atoms in total. The Hall–Kier alpha value is -1.32. The minimum absolute atomic E-state index is 0.735. The molecule has 0 aliphatic heterocycles. The minimum Gasteiger partial charge on any atom is -0.309 e. The largest absolute Gasteiger partial charge is 0.460 e. The van der Waals surface area contributed by atoms with Gasteiger partial charge in [0.05, 0.1) is 19.4 Å². The van der Waals surface area contributed by atoms with Crippen LogP contribution in [0.4, 0.5) is 92.2 Å². The van der Waals surface area contributed by atoms with Gasteiger partial charge in [0.2, 0.25) is 0 Å². The minimum atomic E-state index is -9.23. The number of alkyl halides is 21. The van der Waals surface area contributed by atoms with Crippen LogP contribution in [0.5, 0.6) is 0 Å². The van der Waals surface area contributed by atoms with Crippen molar-refractivity contribution in [3.05, 3.63) is 0 Å². The first-order chi connectivity index (χ1) is 17.6.